The zero-order chi connectivity index (χ0) is 18.5. The lowest BCUT2D eigenvalue weighted by molar-refractivity contribution is 0.355. The molecule has 134 valence electrons. The molecule has 5 nitrogen and oxygen atoms in total. The minimum absolute atomic E-state index is 0.676. The number of hydrogen-bond donors (Lipinski definition) is 1. The Balaban J connectivity index is 1.74. The van der Waals surface area contributed by atoms with Crippen molar-refractivity contribution in [1.82, 2.24) is 4.98 Å². The number of hydrazone groups is 1. The highest BCUT2D eigenvalue weighted by molar-refractivity contribution is 7.14. The van der Waals surface area contributed by atoms with Crippen LogP contribution < -0.4 is 14.9 Å². The van der Waals surface area contributed by atoms with E-state index in [9.17, 15) is 0 Å². The van der Waals surface area contributed by atoms with Crippen LogP contribution in [0.25, 0.3) is 11.3 Å². The van der Waals surface area contributed by atoms with Gasteiger partial charge in [0.1, 0.15) is 0 Å². The molecule has 3 aromatic rings. The third-order valence-electron chi connectivity index (χ3n) is 3.97. The van der Waals surface area contributed by atoms with E-state index in [0.717, 1.165) is 27.7 Å². The molecule has 0 saturated carbocycles. The van der Waals surface area contributed by atoms with E-state index in [0.29, 0.717) is 11.5 Å². The predicted octanol–water partition coefficient (Wildman–Crippen LogP) is 4.97. The van der Waals surface area contributed by atoms with Crippen LogP contribution in [0.1, 0.15) is 18.1 Å². The highest BCUT2D eigenvalue weighted by Crippen LogP contribution is 2.28. The molecule has 0 fully saturated rings. The smallest absolute Gasteiger partial charge is 0.203 e. The average molecular weight is 367 g/mol. The average Bonchev–Trinajstić information content (AvgIpc) is 3.15. The maximum Gasteiger partial charge on any atom is 0.203 e. The monoisotopic (exact) mass is 367 g/mol. The van der Waals surface area contributed by atoms with Crippen LogP contribution in [0.15, 0.2) is 52.9 Å². The Morgan fingerprint density at radius 2 is 1.77 bits per heavy atom. The van der Waals surface area contributed by atoms with E-state index in [-0.39, 0.29) is 0 Å². The third-order valence-corrected chi connectivity index (χ3v) is 4.72. The molecule has 0 aliphatic rings. The first-order valence-electron chi connectivity index (χ1n) is 8.16. The molecule has 0 unspecified atom stereocenters. The first-order valence-corrected chi connectivity index (χ1v) is 9.04. The molecule has 0 aliphatic carbocycles. The summed E-state index contributed by atoms with van der Waals surface area (Å²) in [5.41, 5.74) is 8.09. The molecule has 0 radical (unpaired) electrons. The van der Waals surface area contributed by atoms with E-state index in [2.05, 4.69) is 46.7 Å². The largest absolute Gasteiger partial charge is 0.493 e. The Morgan fingerprint density at radius 3 is 2.46 bits per heavy atom. The lowest BCUT2D eigenvalue weighted by Gasteiger charge is -2.09. The van der Waals surface area contributed by atoms with E-state index < -0.39 is 0 Å². The molecule has 0 atom stereocenters. The van der Waals surface area contributed by atoms with Crippen LogP contribution in [-0.4, -0.2) is 24.9 Å². The van der Waals surface area contributed by atoms with Gasteiger partial charge in [-0.1, -0.05) is 29.8 Å². The van der Waals surface area contributed by atoms with Crippen molar-refractivity contribution in [1.29, 1.82) is 0 Å². The lowest BCUT2D eigenvalue weighted by atomic mass is 10.1. The molecule has 26 heavy (non-hydrogen) atoms. The number of nitrogens with zero attached hydrogens (tertiary/aromatic N) is 2. The van der Waals surface area contributed by atoms with Crippen molar-refractivity contribution in [3.63, 3.8) is 0 Å². The molecule has 6 heteroatoms. The molecule has 2 aromatic carbocycles. The van der Waals surface area contributed by atoms with Crippen LogP contribution in [0.2, 0.25) is 0 Å². The van der Waals surface area contributed by atoms with E-state index in [1.165, 1.54) is 16.9 Å². The van der Waals surface area contributed by atoms with Crippen molar-refractivity contribution < 1.29 is 9.47 Å². The number of nitrogens with one attached hydrogen (secondary N) is 1. The lowest BCUT2D eigenvalue weighted by Crippen LogP contribution is -2.01. The van der Waals surface area contributed by atoms with Crippen LogP contribution in [0, 0.1) is 6.92 Å². The number of aromatic nitrogens is 1. The summed E-state index contributed by atoms with van der Waals surface area (Å²) >= 11 is 1.53. The second kappa shape index (κ2) is 8.01. The van der Waals surface area contributed by atoms with Gasteiger partial charge in [0.25, 0.3) is 0 Å². The predicted molar refractivity (Wildman–Crippen MR) is 108 cm³/mol. The summed E-state index contributed by atoms with van der Waals surface area (Å²) in [6.07, 6.45) is 0. The number of hydrogen-bond acceptors (Lipinski definition) is 6. The quantitative estimate of drug-likeness (QED) is 0.493. The van der Waals surface area contributed by atoms with E-state index in [4.69, 9.17) is 9.47 Å². The van der Waals surface area contributed by atoms with Crippen LogP contribution in [0.4, 0.5) is 5.13 Å². The number of thiazole rings is 1. The molecule has 1 aromatic heterocycles. The number of rotatable bonds is 6. The van der Waals surface area contributed by atoms with Gasteiger partial charge in [0.15, 0.2) is 11.5 Å². The van der Waals surface area contributed by atoms with Crippen molar-refractivity contribution in [2.75, 3.05) is 19.6 Å². The minimum Gasteiger partial charge on any atom is -0.493 e. The summed E-state index contributed by atoms with van der Waals surface area (Å²) < 4.78 is 10.6. The number of benzene rings is 2. The fourth-order valence-corrected chi connectivity index (χ4v) is 3.10. The SMILES string of the molecule is COc1ccc(/C(C)=N\Nc2nc(-c3ccc(C)cc3)cs2)cc1OC. The fourth-order valence-electron chi connectivity index (χ4n) is 2.44. The van der Waals surface area contributed by atoms with E-state index in [1.54, 1.807) is 14.2 Å². The van der Waals surface area contributed by atoms with Crippen molar-refractivity contribution in [3.05, 3.63) is 59.0 Å². The van der Waals surface area contributed by atoms with Crippen molar-refractivity contribution in [2.45, 2.75) is 13.8 Å². The Hall–Kier alpha value is -2.86. The van der Waals surface area contributed by atoms with Gasteiger partial charge >= 0.3 is 0 Å². The molecule has 0 amide bonds. The summed E-state index contributed by atoms with van der Waals surface area (Å²) in [4.78, 5) is 4.59. The van der Waals surface area contributed by atoms with Gasteiger partial charge in [-0.3, -0.25) is 5.43 Å². The first-order chi connectivity index (χ1) is 12.6. The Morgan fingerprint density at radius 1 is 1.04 bits per heavy atom. The van der Waals surface area contributed by atoms with Gasteiger partial charge in [-0.15, -0.1) is 11.3 Å². The standard InChI is InChI=1S/C20H21N3O2S/c1-13-5-7-15(8-6-13)17-12-26-20(21-17)23-22-14(2)16-9-10-18(24-3)19(11-16)25-4/h5-12H,1-4H3,(H,21,23)/b22-14-. The molecule has 1 N–H and O–H groups in total. The Bertz CT molecular complexity index is 917. The van der Waals surface area contributed by atoms with Crippen molar-refractivity contribution >= 4 is 22.2 Å². The van der Waals surface area contributed by atoms with Crippen molar-refractivity contribution in [3.8, 4) is 22.8 Å². The number of anilines is 1. The minimum atomic E-state index is 0.676. The molecule has 1 heterocycles. The molecule has 0 aliphatic heterocycles. The molecular weight excluding hydrogens is 346 g/mol. The topological polar surface area (TPSA) is 55.7 Å². The summed E-state index contributed by atoms with van der Waals surface area (Å²) in [6.45, 7) is 4.01. The molecule has 0 bridgehead atoms. The fraction of sp³-hybridized carbons (Fsp3) is 0.200. The van der Waals surface area contributed by atoms with Gasteiger partial charge in [-0.25, -0.2) is 4.98 Å². The zero-order valence-corrected chi connectivity index (χ0v) is 16.1. The van der Waals surface area contributed by atoms with Crippen LogP contribution in [0.5, 0.6) is 11.5 Å². The van der Waals surface area contributed by atoms with Crippen LogP contribution in [-0.2, 0) is 0 Å². The van der Waals surface area contributed by atoms with Crippen molar-refractivity contribution in [2.24, 2.45) is 5.10 Å². The van der Waals surface area contributed by atoms with Crippen LogP contribution >= 0.6 is 11.3 Å². The first kappa shape index (κ1) is 17.9. The second-order valence-corrected chi connectivity index (χ2v) is 6.64. The Kier molecular flexibility index (Phi) is 5.53. The maximum atomic E-state index is 5.34. The van der Waals surface area contributed by atoms with Gasteiger partial charge < -0.3 is 9.47 Å². The van der Waals surface area contributed by atoms with E-state index >= 15 is 0 Å². The van der Waals surface area contributed by atoms with Gasteiger partial charge in [0.2, 0.25) is 5.13 Å². The Labute approximate surface area is 157 Å². The number of methoxy groups -OCH3 is 2. The van der Waals surface area contributed by atoms with Gasteiger partial charge in [-0.05, 0) is 32.0 Å². The van der Waals surface area contributed by atoms with E-state index in [1.807, 2.05) is 30.5 Å². The van der Waals surface area contributed by atoms with Crippen LogP contribution in [0.3, 0.4) is 0 Å². The molecular formula is C20H21N3O2S. The summed E-state index contributed by atoms with van der Waals surface area (Å²) in [6, 6.07) is 14.0. The number of aryl methyl sites for hydroxylation is 1. The summed E-state index contributed by atoms with van der Waals surface area (Å²) in [7, 11) is 3.24. The summed E-state index contributed by atoms with van der Waals surface area (Å²) in [5.74, 6) is 1.37. The number of ether oxygens (including phenoxy) is 2. The molecule has 0 spiro atoms. The summed E-state index contributed by atoms with van der Waals surface area (Å²) in [5, 5.41) is 7.21. The normalized spacial score (nSPS) is 11.3. The molecule has 0 saturated heterocycles. The molecule has 3 rings (SSSR count). The van der Waals surface area contributed by atoms with Gasteiger partial charge in [0.05, 0.1) is 25.6 Å². The highest BCUT2D eigenvalue weighted by Gasteiger charge is 2.07. The third kappa shape index (κ3) is 4.03. The van der Waals surface area contributed by atoms with Gasteiger partial charge in [0, 0.05) is 16.5 Å². The maximum absolute atomic E-state index is 5.34. The highest BCUT2D eigenvalue weighted by atomic mass is 32.1. The van der Waals surface area contributed by atoms with Gasteiger partial charge in [-0.2, -0.15) is 5.10 Å². The zero-order valence-electron chi connectivity index (χ0n) is 15.2. The second-order valence-electron chi connectivity index (χ2n) is 5.78.